The molecular weight excluding hydrogens is 354 g/mol. The standard InChI is InChI=1S/C22H25N3O3/c26-17-24-11-13-25(14-12-24)22(28)16-23-21(27)15-20(18-7-3-1-4-8-18)19-9-5-2-6-10-19/h1-10,17,20H,11-16H2,(H,23,27). The Morgan fingerprint density at radius 1 is 0.893 bits per heavy atom. The van der Waals surface area contributed by atoms with Gasteiger partial charge in [-0.2, -0.15) is 0 Å². The van der Waals surface area contributed by atoms with E-state index in [9.17, 15) is 14.4 Å². The van der Waals surface area contributed by atoms with Crippen LogP contribution >= 0.6 is 0 Å². The Hall–Kier alpha value is -3.15. The summed E-state index contributed by atoms with van der Waals surface area (Å²) in [6, 6.07) is 19.8. The quantitative estimate of drug-likeness (QED) is 0.744. The predicted octanol–water partition coefficient (Wildman–Crippen LogP) is 1.63. The number of benzene rings is 2. The van der Waals surface area contributed by atoms with Crippen molar-refractivity contribution < 1.29 is 14.4 Å². The van der Waals surface area contributed by atoms with E-state index in [2.05, 4.69) is 5.32 Å². The monoisotopic (exact) mass is 379 g/mol. The van der Waals surface area contributed by atoms with Gasteiger partial charge in [-0.05, 0) is 11.1 Å². The second kappa shape index (κ2) is 9.69. The second-order valence-electron chi connectivity index (χ2n) is 6.88. The lowest BCUT2D eigenvalue weighted by Crippen LogP contribution is -2.50. The molecule has 0 radical (unpaired) electrons. The summed E-state index contributed by atoms with van der Waals surface area (Å²) >= 11 is 0. The van der Waals surface area contributed by atoms with Crippen molar-refractivity contribution in [3.8, 4) is 0 Å². The Balaban J connectivity index is 1.57. The van der Waals surface area contributed by atoms with Gasteiger partial charge in [0.25, 0.3) is 0 Å². The minimum atomic E-state index is -0.155. The Labute approximate surface area is 165 Å². The molecule has 0 unspecified atom stereocenters. The molecule has 0 saturated carbocycles. The van der Waals surface area contributed by atoms with Crippen molar-refractivity contribution in [1.82, 2.24) is 15.1 Å². The molecule has 1 fully saturated rings. The molecule has 146 valence electrons. The number of piperazine rings is 1. The van der Waals surface area contributed by atoms with Gasteiger partial charge in [0.15, 0.2) is 0 Å². The fraction of sp³-hybridized carbons (Fsp3) is 0.318. The van der Waals surface area contributed by atoms with Crippen molar-refractivity contribution in [2.24, 2.45) is 0 Å². The second-order valence-corrected chi connectivity index (χ2v) is 6.88. The summed E-state index contributed by atoms with van der Waals surface area (Å²) in [5.41, 5.74) is 2.14. The Kier molecular flexibility index (Phi) is 6.78. The van der Waals surface area contributed by atoms with E-state index >= 15 is 0 Å². The fourth-order valence-electron chi connectivity index (χ4n) is 3.42. The highest BCUT2D eigenvalue weighted by atomic mass is 16.2. The van der Waals surface area contributed by atoms with Crippen LogP contribution in [-0.4, -0.2) is 60.7 Å². The van der Waals surface area contributed by atoms with Gasteiger partial charge in [0, 0.05) is 38.5 Å². The third kappa shape index (κ3) is 5.19. The molecule has 0 spiro atoms. The highest BCUT2D eigenvalue weighted by Gasteiger charge is 2.22. The van der Waals surface area contributed by atoms with Gasteiger partial charge in [0.1, 0.15) is 0 Å². The van der Waals surface area contributed by atoms with Gasteiger partial charge >= 0.3 is 0 Å². The normalized spacial score (nSPS) is 14.0. The lowest BCUT2D eigenvalue weighted by molar-refractivity contribution is -0.135. The Morgan fingerprint density at radius 2 is 1.43 bits per heavy atom. The molecule has 1 heterocycles. The molecule has 28 heavy (non-hydrogen) atoms. The number of nitrogens with zero attached hydrogens (tertiary/aromatic N) is 2. The van der Waals surface area contributed by atoms with Gasteiger partial charge in [0.05, 0.1) is 6.54 Å². The SMILES string of the molecule is O=CN1CCN(C(=O)CNC(=O)CC(c2ccccc2)c2ccccc2)CC1. The molecule has 0 aromatic heterocycles. The van der Waals surface area contributed by atoms with Crippen molar-refractivity contribution in [3.05, 3.63) is 71.8 Å². The highest BCUT2D eigenvalue weighted by Crippen LogP contribution is 2.27. The van der Waals surface area contributed by atoms with Crippen molar-refractivity contribution in [3.63, 3.8) is 0 Å². The average molecular weight is 379 g/mol. The van der Waals surface area contributed by atoms with Crippen molar-refractivity contribution in [2.75, 3.05) is 32.7 Å². The molecule has 0 aliphatic carbocycles. The zero-order valence-electron chi connectivity index (χ0n) is 15.8. The Morgan fingerprint density at radius 3 is 1.93 bits per heavy atom. The number of amides is 3. The topological polar surface area (TPSA) is 69.7 Å². The maximum atomic E-state index is 12.5. The minimum absolute atomic E-state index is 0.0176. The summed E-state index contributed by atoms with van der Waals surface area (Å²) in [7, 11) is 0. The van der Waals surface area contributed by atoms with Gasteiger partial charge in [-0.1, -0.05) is 60.7 Å². The lowest BCUT2D eigenvalue weighted by atomic mass is 9.88. The summed E-state index contributed by atoms with van der Waals surface area (Å²) in [5, 5.41) is 2.76. The number of hydrogen-bond donors (Lipinski definition) is 1. The summed E-state index contributed by atoms with van der Waals surface area (Å²) in [6.45, 7) is 2.06. The van der Waals surface area contributed by atoms with Crippen LogP contribution in [0.1, 0.15) is 23.5 Å². The highest BCUT2D eigenvalue weighted by molar-refractivity contribution is 5.85. The van der Waals surface area contributed by atoms with E-state index in [0.29, 0.717) is 26.2 Å². The number of rotatable bonds is 7. The summed E-state index contributed by atoms with van der Waals surface area (Å²) in [5.74, 6) is -0.332. The summed E-state index contributed by atoms with van der Waals surface area (Å²) in [4.78, 5) is 39.0. The molecule has 1 aliphatic rings. The summed E-state index contributed by atoms with van der Waals surface area (Å²) in [6.07, 6.45) is 1.08. The van der Waals surface area contributed by atoms with Crippen LogP contribution in [0, 0.1) is 0 Å². The predicted molar refractivity (Wildman–Crippen MR) is 107 cm³/mol. The molecule has 6 heteroatoms. The molecule has 1 aliphatic heterocycles. The van der Waals surface area contributed by atoms with Crippen molar-refractivity contribution in [1.29, 1.82) is 0 Å². The maximum absolute atomic E-state index is 12.5. The molecule has 2 aromatic carbocycles. The largest absolute Gasteiger partial charge is 0.347 e. The van der Waals surface area contributed by atoms with Gasteiger partial charge in [0.2, 0.25) is 18.2 Å². The average Bonchev–Trinajstić information content (AvgIpc) is 2.77. The van der Waals surface area contributed by atoms with Crippen LogP contribution in [-0.2, 0) is 14.4 Å². The zero-order chi connectivity index (χ0) is 19.8. The Bertz CT molecular complexity index is 748. The molecule has 3 rings (SSSR count). The molecule has 0 atom stereocenters. The first kappa shape index (κ1) is 19.6. The van der Waals surface area contributed by atoms with E-state index in [4.69, 9.17) is 0 Å². The van der Waals surface area contributed by atoms with E-state index in [1.165, 1.54) is 0 Å². The van der Waals surface area contributed by atoms with Gasteiger partial charge in [-0.3, -0.25) is 14.4 Å². The molecule has 2 aromatic rings. The van der Waals surface area contributed by atoms with Crippen molar-refractivity contribution >= 4 is 18.2 Å². The van der Waals surface area contributed by atoms with Crippen LogP contribution in [0.15, 0.2) is 60.7 Å². The molecule has 1 saturated heterocycles. The van der Waals surface area contributed by atoms with E-state index in [0.717, 1.165) is 17.5 Å². The first-order valence-electron chi connectivity index (χ1n) is 9.51. The van der Waals surface area contributed by atoms with Gasteiger partial charge < -0.3 is 15.1 Å². The number of carbonyl (C=O) groups excluding carboxylic acids is 3. The minimum Gasteiger partial charge on any atom is -0.347 e. The third-order valence-corrected chi connectivity index (χ3v) is 5.05. The lowest BCUT2D eigenvalue weighted by Gasteiger charge is -2.32. The number of carbonyl (C=O) groups is 3. The number of nitrogens with one attached hydrogen (secondary N) is 1. The third-order valence-electron chi connectivity index (χ3n) is 5.05. The van der Waals surface area contributed by atoms with Crippen LogP contribution in [0.2, 0.25) is 0 Å². The van der Waals surface area contributed by atoms with E-state index in [-0.39, 0.29) is 30.7 Å². The van der Waals surface area contributed by atoms with Gasteiger partial charge in [-0.15, -0.1) is 0 Å². The van der Waals surface area contributed by atoms with Crippen LogP contribution in [0.5, 0.6) is 0 Å². The molecular formula is C22H25N3O3. The van der Waals surface area contributed by atoms with Crippen LogP contribution in [0.3, 0.4) is 0 Å². The zero-order valence-corrected chi connectivity index (χ0v) is 15.8. The molecule has 3 amide bonds. The molecule has 1 N–H and O–H groups in total. The molecule has 6 nitrogen and oxygen atoms in total. The van der Waals surface area contributed by atoms with Crippen LogP contribution in [0.4, 0.5) is 0 Å². The fourth-order valence-corrected chi connectivity index (χ4v) is 3.42. The molecule has 0 bridgehead atoms. The van der Waals surface area contributed by atoms with Gasteiger partial charge in [-0.25, -0.2) is 0 Å². The van der Waals surface area contributed by atoms with Crippen LogP contribution in [0.25, 0.3) is 0 Å². The van der Waals surface area contributed by atoms with Crippen LogP contribution < -0.4 is 5.32 Å². The van der Waals surface area contributed by atoms with Crippen molar-refractivity contribution in [2.45, 2.75) is 12.3 Å². The summed E-state index contributed by atoms with van der Waals surface area (Å²) < 4.78 is 0. The first-order valence-corrected chi connectivity index (χ1v) is 9.51. The number of hydrogen-bond acceptors (Lipinski definition) is 3. The first-order chi connectivity index (χ1) is 13.7. The van der Waals surface area contributed by atoms with E-state index < -0.39 is 0 Å². The van der Waals surface area contributed by atoms with E-state index in [1.54, 1.807) is 9.80 Å². The smallest absolute Gasteiger partial charge is 0.242 e. The maximum Gasteiger partial charge on any atom is 0.242 e. The van der Waals surface area contributed by atoms with E-state index in [1.807, 2.05) is 60.7 Å².